The Morgan fingerprint density at radius 3 is 2.31 bits per heavy atom. The van der Waals surface area contributed by atoms with Crippen LogP contribution < -0.4 is 20.1 Å². The van der Waals surface area contributed by atoms with Crippen molar-refractivity contribution in [1.82, 2.24) is 15.5 Å². The smallest absolute Gasteiger partial charge is 0.414 e. The first-order chi connectivity index (χ1) is 15.1. The highest BCUT2D eigenvalue weighted by atomic mass is 16.5. The summed E-state index contributed by atoms with van der Waals surface area (Å²) in [6.07, 6.45) is 1.93. The summed E-state index contributed by atoms with van der Waals surface area (Å²) in [4.78, 5) is 44.3. The number of imide groups is 1. The number of urea groups is 1. The van der Waals surface area contributed by atoms with Gasteiger partial charge in [0.05, 0.1) is 20.8 Å². The molecule has 1 aliphatic heterocycles. The third-order valence-electron chi connectivity index (χ3n) is 4.62. The van der Waals surface area contributed by atoms with Crippen molar-refractivity contribution >= 4 is 23.9 Å². The number of hydrogen-bond donors (Lipinski definition) is 4. The lowest BCUT2D eigenvalue weighted by Gasteiger charge is -2.25. The molecule has 0 aromatic heterocycles. The maximum atomic E-state index is 12.2. The van der Waals surface area contributed by atoms with Gasteiger partial charge in [0.1, 0.15) is 11.5 Å². The molecule has 4 N–H and O–H groups in total. The highest BCUT2D eigenvalue weighted by molar-refractivity contribution is 6.27. The lowest BCUT2D eigenvalue weighted by atomic mass is 10.0. The van der Waals surface area contributed by atoms with Crippen molar-refractivity contribution < 1.29 is 38.9 Å². The highest BCUT2D eigenvalue weighted by Crippen LogP contribution is 2.38. The molecule has 3 amide bonds. The predicted molar refractivity (Wildman–Crippen MR) is 115 cm³/mol. The van der Waals surface area contributed by atoms with E-state index in [0.29, 0.717) is 12.5 Å². The molecule has 1 fully saturated rings. The molecular weight excluding hydrogens is 422 g/mol. The van der Waals surface area contributed by atoms with Crippen LogP contribution in [0.1, 0.15) is 38.3 Å². The summed E-state index contributed by atoms with van der Waals surface area (Å²) >= 11 is 0. The van der Waals surface area contributed by atoms with Crippen molar-refractivity contribution in [2.75, 3.05) is 33.9 Å². The number of ether oxygens (including phenoxy) is 2. The number of likely N-dealkylation sites (tertiary alicyclic amines) is 1. The zero-order valence-electron chi connectivity index (χ0n) is 18.7. The second-order valence-corrected chi connectivity index (χ2v) is 7.50. The predicted octanol–water partition coefficient (Wildman–Crippen LogP) is 1.48. The van der Waals surface area contributed by atoms with Gasteiger partial charge in [-0.25, -0.2) is 14.4 Å². The average molecular weight is 453 g/mol. The van der Waals surface area contributed by atoms with Crippen molar-refractivity contribution in [3.8, 4) is 11.5 Å². The van der Waals surface area contributed by atoms with Gasteiger partial charge < -0.3 is 25.0 Å². The van der Waals surface area contributed by atoms with Gasteiger partial charge >= 0.3 is 18.0 Å². The van der Waals surface area contributed by atoms with Crippen LogP contribution >= 0.6 is 0 Å². The van der Waals surface area contributed by atoms with E-state index in [1.54, 1.807) is 14.2 Å². The molecule has 0 radical (unpaired) electrons. The van der Waals surface area contributed by atoms with Crippen LogP contribution in [0.3, 0.4) is 0 Å². The standard InChI is InChI=1S/C19H29N3O4.C2H2O4/c1-13(2)11-20-19(24)21-18(23)12-22-9-5-6-16(22)15-8-7-14(25-3)10-17(15)26-4;3-1(4)2(5)6/h7-8,10,13,16H,5-6,9,11-12H2,1-4H3,(H2,20,21,23,24);(H,3,4)(H,5,6). The Balaban J connectivity index is 0.000000751. The number of rotatable bonds is 7. The molecule has 11 nitrogen and oxygen atoms in total. The molecule has 1 aliphatic rings. The van der Waals surface area contributed by atoms with Gasteiger partial charge in [-0.1, -0.05) is 19.9 Å². The van der Waals surface area contributed by atoms with E-state index in [1.165, 1.54) is 0 Å². The first-order valence-electron chi connectivity index (χ1n) is 10.1. The Kier molecular flexibility index (Phi) is 11.0. The number of amides is 3. The number of carbonyl (C=O) groups excluding carboxylic acids is 2. The lowest BCUT2D eigenvalue weighted by Crippen LogP contribution is -2.45. The first-order valence-corrected chi connectivity index (χ1v) is 10.1. The zero-order valence-corrected chi connectivity index (χ0v) is 18.7. The summed E-state index contributed by atoms with van der Waals surface area (Å²) in [5.74, 6) is -2.14. The molecule has 1 aromatic rings. The van der Waals surface area contributed by atoms with Crippen LogP contribution in [0.15, 0.2) is 18.2 Å². The molecule has 1 atom stereocenters. The van der Waals surface area contributed by atoms with Crippen LogP contribution in [0.4, 0.5) is 4.79 Å². The van der Waals surface area contributed by atoms with E-state index in [4.69, 9.17) is 29.3 Å². The minimum Gasteiger partial charge on any atom is -0.497 e. The highest BCUT2D eigenvalue weighted by Gasteiger charge is 2.30. The number of carboxylic acids is 2. The Morgan fingerprint density at radius 2 is 1.78 bits per heavy atom. The van der Waals surface area contributed by atoms with Gasteiger partial charge in [-0.05, 0) is 31.4 Å². The molecule has 32 heavy (non-hydrogen) atoms. The van der Waals surface area contributed by atoms with Crippen molar-refractivity contribution in [2.45, 2.75) is 32.7 Å². The number of hydrogen-bond acceptors (Lipinski definition) is 7. The third kappa shape index (κ3) is 8.80. The van der Waals surface area contributed by atoms with E-state index in [2.05, 4.69) is 15.5 Å². The Bertz CT molecular complexity index is 800. The topological polar surface area (TPSA) is 154 Å². The Hall–Kier alpha value is -3.34. The molecule has 0 spiro atoms. The van der Waals surface area contributed by atoms with E-state index >= 15 is 0 Å². The Labute approximate surface area is 186 Å². The molecule has 0 aliphatic carbocycles. The number of aliphatic carboxylic acids is 2. The second-order valence-electron chi connectivity index (χ2n) is 7.50. The Morgan fingerprint density at radius 1 is 1.12 bits per heavy atom. The van der Waals surface area contributed by atoms with Crippen molar-refractivity contribution in [1.29, 1.82) is 0 Å². The number of nitrogens with zero attached hydrogens (tertiary/aromatic N) is 1. The molecule has 1 heterocycles. The monoisotopic (exact) mass is 453 g/mol. The molecule has 11 heteroatoms. The lowest BCUT2D eigenvalue weighted by molar-refractivity contribution is -0.159. The SMILES string of the molecule is COc1ccc(C2CCCN2CC(=O)NC(=O)NCC(C)C)c(OC)c1.O=C(O)C(=O)O. The van der Waals surface area contributed by atoms with Crippen LogP contribution in [0, 0.1) is 5.92 Å². The third-order valence-corrected chi connectivity index (χ3v) is 4.62. The molecule has 1 unspecified atom stereocenters. The van der Waals surface area contributed by atoms with Gasteiger partial charge in [0, 0.05) is 24.2 Å². The number of methoxy groups -OCH3 is 2. The van der Waals surface area contributed by atoms with E-state index < -0.39 is 18.0 Å². The van der Waals surface area contributed by atoms with E-state index in [1.807, 2.05) is 32.0 Å². The molecule has 1 aromatic carbocycles. The van der Waals surface area contributed by atoms with Crippen LogP contribution in [-0.2, 0) is 14.4 Å². The van der Waals surface area contributed by atoms with Gasteiger partial charge in [-0.15, -0.1) is 0 Å². The van der Waals surface area contributed by atoms with Gasteiger partial charge in [-0.3, -0.25) is 15.0 Å². The normalized spacial score (nSPS) is 15.3. The van der Waals surface area contributed by atoms with Gasteiger partial charge in [0.15, 0.2) is 0 Å². The van der Waals surface area contributed by atoms with Gasteiger partial charge in [0.2, 0.25) is 5.91 Å². The maximum Gasteiger partial charge on any atom is 0.414 e. The first kappa shape index (κ1) is 26.7. The van der Waals surface area contributed by atoms with Crippen LogP contribution in [0.2, 0.25) is 0 Å². The summed E-state index contributed by atoms with van der Waals surface area (Å²) in [5.41, 5.74) is 1.03. The fraction of sp³-hybridized carbons (Fsp3) is 0.524. The largest absolute Gasteiger partial charge is 0.497 e. The summed E-state index contributed by atoms with van der Waals surface area (Å²) < 4.78 is 10.7. The minimum absolute atomic E-state index is 0.0836. The van der Waals surface area contributed by atoms with E-state index in [-0.39, 0.29) is 18.5 Å². The van der Waals surface area contributed by atoms with Gasteiger partial charge in [-0.2, -0.15) is 0 Å². The van der Waals surface area contributed by atoms with Crippen LogP contribution in [0.5, 0.6) is 11.5 Å². The average Bonchev–Trinajstić information content (AvgIpc) is 3.19. The van der Waals surface area contributed by atoms with Gasteiger partial charge in [0.25, 0.3) is 0 Å². The quantitative estimate of drug-likeness (QED) is 0.449. The molecular formula is C21H31N3O8. The molecule has 0 bridgehead atoms. The molecule has 0 saturated carbocycles. The van der Waals surface area contributed by atoms with Crippen LogP contribution in [-0.4, -0.2) is 72.8 Å². The molecule has 2 rings (SSSR count). The maximum absolute atomic E-state index is 12.2. The fourth-order valence-corrected chi connectivity index (χ4v) is 3.15. The van der Waals surface area contributed by atoms with Crippen LogP contribution in [0.25, 0.3) is 0 Å². The number of carboxylic acid groups (broad SMARTS) is 2. The fourth-order valence-electron chi connectivity index (χ4n) is 3.15. The minimum atomic E-state index is -1.82. The van der Waals surface area contributed by atoms with Crippen molar-refractivity contribution in [3.05, 3.63) is 23.8 Å². The number of carbonyl (C=O) groups is 4. The van der Waals surface area contributed by atoms with E-state index in [9.17, 15) is 9.59 Å². The van der Waals surface area contributed by atoms with E-state index in [0.717, 1.165) is 36.4 Å². The summed E-state index contributed by atoms with van der Waals surface area (Å²) in [5, 5.41) is 19.9. The van der Waals surface area contributed by atoms with Crippen molar-refractivity contribution in [2.24, 2.45) is 5.92 Å². The summed E-state index contributed by atoms with van der Waals surface area (Å²) in [6.45, 7) is 5.52. The summed E-state index contributed by atoms with van der Waals surface area (Å²) in [7, 11) is 3.24. The number of nitrogens with one attached hydrogen (secondary N) is 2. The summed E-state index contributed by atoms with van der Waals surface area (Å²) in [6, 6.07) is 5.37. The molecule has 178 valence electrons. The molecule has 1 saturated heterocycles. The zero-order chi connectivity index (χ0) is 24.3. The second kappa shape index (κ2) is 13.2. The number of benzene rings is 1. The van der Waals surface area contributed by atoms with Crippen molar-refractivity contribution in [3.63, 3.8) is 0 Å².